The lowest BCUT2D eigenvalue weighted by molar-refractivity contribution is 0.205. The van der Waals surface area contributed by atoms with Gasteiger partial charge in [-0.05, 0) is 44.3 Å². The Balaban J connectivity index is 2.49. The first-order chi connectivity index (χ1) is 9.47. The van der Waals surface area contributed by atoms with Gasteiger partial charge in [-0.2, -0.15) is 5.10 Å². The van der Waals surface area contributed by atoms with Gasteiger partial charge < -0.3 is 5.11 Å². The normalized spacial score (nSPS) is 12.7. The lowest BCUT2D eigenvalue weighted by atomic mass is 10.1. The predicted molar refractivity (Wildman–Crippen MR) is 78.3 cm³/mol. The van der Waals surface area contributed by atoms with E-state index in [2.05, 4.69) is 37.0 Å². The van der Waals surface area contributed by atoms with Crippen molar-refractivity contribution in [1.29, 1.82) is 0 Å². The van der Waals surface area contributed by atoms with E-state index in [0.29, 0.717) is 16.7 Å². The summed E-state index contributed by atoms with van der Waals surface area (Å²) in [5.74, 6) is -1.98. The molecular weight excluding hydrogens is 398 g/mol. The van der Waals surface area contributed by atoms with Crippen LogP contribution < -0.4 is 0 Å². The molecule has 2 aromatic rings. The molecule has 108 valence electrons. The smallest absolute Gasteiger partial charge is 0.173 e. The maximum Gasteiger partial charge on any atom is 0.173 e. The molecule has 1 heterocycles. The van der Waals surface area contributed by atoms with Gasteiger partial charge in [-0.15, -0.1) is 0 Å². The standard InChI is InChI=1S/C13H12Br2F2N2O/c1-2-5-19-12(8(14)6-18-19)13(20)7-3-4-9(16)11(17)10(7)15/h3-4,6,13,20H,2,5H2,1H3. The van der Waals surface area contributed by atoms with Gasteiger partial charge in [0.1, 0.15) is 6.10 Å². The highest BCUT2D eigenvalue weighted by Crippen LogP contribution is 2.34. The van der Waals surface area contributed by atoms with Crippen LogP contribution in [0.4, 0.5) is 8.78 Å². The van der Waals surface area contributed by atoms with Crippen molar-refractivity contribution in [2.45, 2.75) is 26.0 Å². The molecule has 1 aromatic heterocycles. The topological polar surface area (TPSA) is 38.0 Å². The quantitative estimate of drug-likeness (QED) is 0.769. The van der Waals surface area contributed by atoms with E-state index in [-0.39, 0.29) is 10.0 Å². The van der Waals surface area contributed by atoms with Gasteiger partial charge in [0.15, 0.2) is 11.6 Å². The molecule has 1 unspecified atom stereocenters. The second-order valence-corrected chi connectivity index (χ2v) is 5.92. The average Bonchev–Trinajstić information content (AvgIpc) is 2.77. The Hall–Kier alpha value is -0.790. The highest BCUT2D eigenvalue weighted by atomic mass is 79.9. The third-order valence-corrected chi connectivity index (χ3v) is 4.30. The molecule has 0 aliphatic heterocycles. The Kier molecular flexibility index (Phi) is 4.93. The van der Waals surface area contributed by atoms with E-state index < -0.39 is 17.7 Å². The molecule has 0 fully saturated rings. The third kappa shape index (κ3) is 2.80. The van der Waals surface area contributed by atoms with Crippen LogP contribution in [-0.2, 0) is 6.54 Å². The van der Waals surface area contributed by atoms with Crippen molar-refractivity contribution < 1.29 is 13.9 Å². The van der Waals surface area contributed by atoms with Gasteiger partial charge in [0.25, 0.3) is 0 Å². The number of hydrogen-bond acceptors (Lipinski definition) is 2. The van der Waals surface area contributed by atoms with Gasteiger partial charge >= 0.3 is 0 Å². The molecule has 3 nitrogen and oxygen atoms in total. The molecular formula is C13H12Br2F2N2O. The lowest BCUT2D eigenvalue weighted by Gasteiger charge is -2.16. The SMILES string of the molecule is CCCn1ncc(Br)c1C(O)c1ccc(F)c(F)c1Br. The van der Waals surface area contributed by atoms with Gasteiger partial charge in [0.2, 0.25) is 0 Å². The van der Waals surface area contributed by atoms with Crippen molar-refractivity contribution in [3.05, 3.63) is 50.2 Å². The molecule has 2 rings (SSSR count). The van der Waals surface area contributed by atoms with Crippen molar-refractivity contribution in [1.82, 2.24) is 9.78 Å². The van der Waals surface area contributed by atoms with Crippen molar-refractivity contribution in [2.75, 3.05) is 0 Å². The number of aryl methyl sites for hydroxylation is 1. The van der Waals surface area contributed by atoms with Crippen LogP contribution in [0.1, 0.15) is 30.7 Å². The van der Waals surface area contributed by atoms with Crippen LogP contribution in [0.25, 0.3) is 0 Å². The first-order valence-corrected chi connectivity index (χ1v) is 7.58. The van der Waals surface area contributed by atoms with Crippen LogP contribution in [0.3, 0.4) is 0 Å². The summed E-state index contributed by atoms with van der Waals surface area (Å²) in [6.45, 7) is 2.61. The summed E-state index contributed by atoms with van der Waals surface area (Å²) < 4.78 is 28.9. The minimum Gasteiger partial charge on any atom is -0.382 e. The van der Waals surface area contributed by atoms with E-state index in [0.717, 1.165) is 12.5 Å². The Morgan fingerprint density at radius 2 is 2.05 bits per heavy atom. The maximum atomic E-state index is 13.6. The van der Waals surface area contributed by atoms with Crippen LogP contribution >= 0.6 is 31.9 Å². The third-order valence-electron chi connectivity index (χ3n) is 2.89. The van der Waals surface area contributed by atoms with Crippen LogP contribution in [0.15, 0.2) is 27.3 Å². The largest absolute Gasteiger partial charge is 0.382 e. The molecule has 20 heavy (non-hydrogen) atoms. The van der Waals surface area contributed by atoms with Crippen molar-refractivity contribution in [3.8, 4) is 0 Å². The molecule has 0 aliphatic rings. The molecule has 0 spiro atoms. The van der Waals surface area contributed by atoms with E-state index in [1.807, 2.05) is 6.92 Å². The molecule has 0 amide bonds. The zero-order valence-corrected chi connectivity index (χ0v) is 13.7. The Bertz CT molecular complexity index is 631. The summed E-state index contributed by atoms with van der Waals surface area (Å²) in [5, 5.41) is 14.6. The van der Waals surface area contributed by atoms with Gasteiger partial charge in [0, 0.05) is 12.1 Å². The molecule has 0 radical (unpaired) electrons. The Morgan fingerprint density at radius 3 is 2.70 bits per heavy atom. The number of benzene rings is 1. The second kappa shape index (κ2) is 6.32. The van der Waals surface area contributed by atoms with Crippen LogP contribution in [0, 0.1) is 11.6 Å². The lowest BCUT2D eigenvalue weighted by Crippen LogP contribution is -2.12. The first kappa shape index (κ1) is 15.6. The Labute approximate surface area is 131 Å². The van der Waals surface area contributed by atoms with E-state index in [4.69, 9.17) is 0 Å². The number of aliphatic hydroxyl groups excluding tert-OH is 1. The van der Waals surface area contributed by atoms with Crippen molar-refractivity contribution in [2.24, 2.45) is 0 Å². The second-order valence-electron chi connectivity index (χ2n) is 4.27. The number of halogens is 4. The van der Waals surface area contributed by atoms with Crippen molar-refractivity contribution in [3.63, 3.8) is 0 Å². The zero-order valence-electron chi connectivity index (χ0n) is 10.6. The molecule has 1 aromatic carbocycles. The number of nitrogens with zero attached hydrogens (tertiary/aromatic N) is 2. The number of rotatable bonds is 4. The van der Waals surface area contributed by atoms with Gasteiger partial charge in [0.05, 0.1) is 20.8 Å². The molecule has 0 aliphatic carbocycles. The fourth-order valence-electron chi connectivity index (χ4n) is 1.93. The van der Waals surface area contributed by atoms with Crippen LogP contribution in [-0.4, -0.2) is 14.9 Å². The molecule has 1 N–H and O–H groups in total. The van der Waals surface area contributed by atoms with Crippen LogP contribution in [0.2, 0.25) is 0 Å². The number of hydrogen-bond donors (Lipinski definition) is 1. The number of aromatic nitrogens is 2. The minimum absolute atomic E-state index is 0.0823. The van der Waals surface area contributed by atoms with Gasteiger partial charge in [-0.3, -0.25) is 4.68 Å². The maximum absolute atomic E-state index is 13.6. The van der Waals surface area contributed by atoms with E-state index in [1.165, 1.54) is 6.07 Å². The van der Waals surface area contributed by atoms with E-state index >= 15 is 0 Å². The summed E-state index contributed by atoms with van der Waals surface area (Å²) in [7, 11) is 0. The highest BCUT2D eigenvalue weighted by Gasteiger charge is 2.23. The highest BCUT2D eigenvalue weighted by molar-refractivity contribution is 9.10. The predicted octanol–water partition coefficient (Wildman–Crippen LogP) is 4.18. The summed E-state index contributed by atoms with van der Waals surface area (Å²) in [4.78, 5) is 0. The molecule has 0 saturated heterocycles. The molecule has 0 bridgehead atoms. The van der Waals surface area contributed by atoms with Crippen LogP contribution in [0.5, 0.6) is 0 Å². The zero-order chi connectivity index (χ0) is 14.9. The molecule has 7 heteroatoms. The van der Waals surface area contributed by atoms with Gasteiger partial charge in [-0.1, -0.05) is 13.0 Å². The minimum atomic E-state index is -1.11. The average molecular weight is 410 g/mol. The fraction of sp³-hybridized carbons (Fsp3) is 0.308. The monoisotopic (exact) mass is 408 g/mol. The number of aliphatic hydroxyl groups is 1. The first-order valence-electron chi connectivity index (χ1n) is 6.00. The van der Waals surface area contributed by atoms with E-state index in [9.17, 15) is 13.9 Å². The fourth-order valence-corrected chi connectivity index (χ4v) is 2.98. The van der Waals surface area contributed by atoms with Crippen molar-refractivity contribution >= 4 is 31.9 Å². The Morgan fingerprint density at radius 1 is 1.35 bits per heavy atom. The van der Waals surface area contributed by atoms with Gasteiger partial charge in [-0.25, -0.2) is 8.78 Å². The summed E-state index contributed by atoms with van der Waals surface area (Å²) in [6.07, 6.45) is 1.30. The molecule has 0 saturated carbocycles. The van der Waals surface area contributed by atoms with E-state index in [1.54, 1.807) is 10.9 Å². The summed E-state index contributed by atoms with van der Waals surface area (Å²) in [5.41, 5.74) is 0.765. The summed E-state index contributed by atoms with van der Waals surface area (Å²) in [6, 6.07) is 2.34. The summed E-state index contributed by atoms with van der Waals surface area (Å²) >= 11 is 6.30. The molecule has 1 atom stereocenters.